The van der Waals surface area contributed by atoms with E-state index in [1.54, 1.807) is 20.4 Å². The molecule has 0 aliphatic carbocycles. The summed E-state index contributed by atoms with van der Waals surface area (Å²) in [5.41, 5.74) is 4.16. The number of ether oxygens (including phenoxy) is 2. The molecule has 3 rings (SSSR count). The Morgan fingerprint density at radius 3 is 2.45 bits per heavy atom. The Hall–Kier alpha value is -2.14. The zero-order chi connectivity index (χ0) is 20.8. The summed E-state index contributed by atoms with van der Waals surface area (Å²) < 4.78 is 23.3. The van der Waals surface area contributed by atoms with Crippen molar-refractivity contribution in [1.82, 2.24) is 15.0 Å². The maximum Gasteiger partial charge on any atom is 0.503 e. The second-order valence-electron chi connectivity index (χ2n) is 5.74. The zero-order valence-electron chi connectivity index (χ0n) is 16.8. The maximum atomic E-state index is 12.7. The van der Waals surface area contributed by atoms with Crippen LogP contribution in [-0.4, -0.2) is 79.3 Å². The van der Waals surface area contributed by atoms with Crippen molar-refractivity contribution in [1.29, 1.82) is 0 Å². The Morgan fingerprint density at radius 2 is 1.86 bits per heavy atom. The van der Waals surface area contributed by atoms with Gasteiger partial charge in [0.2, 0.25) is 0 Å². The molecule has 0 saturated heterocycles. The Balaban J connectivity index is 0.000000771. The molecule has 29 heavy (non-hydrogen) atoms. The number of carboxylic acid groups (broad SMARTS) is 2. The Kier molecular flexibility index (Phi) is 9.57. The van der Waals surface area contributed by atoms with Crippen molar-refractivity contribution in [2.45, 2.75) is 24.8 Å². The average Bonchev–Trinajstić information content (AvgIpc) is 3.07. The van der Waals surface area contributed by atoms with E-state index in [0.717, 1.165) is 39.4 Å². The van der Waals surface area contributed by atoms with E-state index in [2.05, 4.69) is 15.0 Å². The first-order chi connectivity index (χ1) is 13.3. The van der Waals surface area contributed by atoms with E-state index in [-0.39, 0.29) is 35.3 Å². The molecule has 2 heterocycles. The number of aromatic amines is 1. The van der Waals surface area contributed by atoms with Crippen molar-refractivity contribution in [2.75, 3.05) is 14.2 Å². The molecule has 0 bridgehead atoms. The molecule has 0 saturated carbocycles. The van der Waals surface area contributed by atoms with Crippen LogP contribution in [0.2, 0.25) is 0 Å². The second kappa shape index (κ2) is 11.1. The minimum atomic E-state index is -1.83. The van der Waals surface area contributed by atoms with Crippen LogP contribution in [0.5, 0.6) is 11.5 Å². The number of nitrogens with one attached hydrogen (secondary N) is 1. The Labute approximate surface area is 192 Å². The fourth-order valence-corrected chi connectivity index (χ4v) is 3.71. The third-order valence-corrected chi connectivity index (χ3v) is 5.06. The summed E-state index contributed by atoms with van der Waals surface area (Å²) in [4.78, 5) is 20.5. The quantitative estimate of drug-likeness (QED) is 0.526. The summed E-state index contributed by atoms with van der Waals surface area (Å²) in [6, 6.07) is 5.50. The van der Waals surface area contributed by atoms with Crippen LogP contribution in [0.4, 0.5) is 4.79 Å². The van der Waals surface area contributed by atoms with Crippen molar-refractivity contribution < 1.29 is 28.7 Å². The van der Waals surface area contributed by atoms with Crippen LogP contribution in [0.1, 0.15) is 16.8 Å². The van der Waals surface area contributed by atoms with Crippen molar-refractivity contribution in [3.8, 4) is 11.5 Å². The number of carbonyl (C=O) groups is 1. The molecule has 0 spiro atoms. The van der Waals surface area contributed by atoms with Gasteiger partial charge in [-0.25, -0.2) is 9.78 Å². The molecule has 0 aliphatic heterocycles. The van der Waals surface area contributed by atoms with Crippen LogP contribution < -0.4 is 9.47 Å². The molecule has 0 fully saturated rings. The number of benzene rings is 1. The molecule has 11 heteroatoms. The molecule has 9 nitrogen and oxygen atoms in total. The first-order valence-electron chi connectivity index (χ1n) is 8.09. The van der Waals surface area contributed by atoms with Crippen LogP contribution in [0.3, 0.4) is 0 Å². The van der Waals surface area contributed by atoms with E-state index in [1.807, 2.05) is 32.0 Å². The van der Waals surface area contributed by atoms with Crippen LogP contribution in [0, 0.1) is 13.8 Å². The first kappa shape index (κ1) is 24.9. The molecule has 3 N–H and O–H groups in total. The third kappa shape index (κ3) is 6.43. The van der Waals surface area contributed by atoms with Crippen LogP contribution >= 0.6 is 0 Å². The number of aromatic nitrogens is 3. The normalized spacial score (nSPS) is 11.0. The van der Waals surface area contributed by atoms with Gasteiger partial charge in [-0.2, -0.15) is 0 Å². The van der Waals surface area contributed by atoms with E-state index in [0.29, 0.717) is 5.16 Å². The van der Waals surface area contributed by atoms with Gasteiger partial charge in [0.05, 0.1) is 47.5 Å². The van der Waals surface area contributed by atoms with Crippen LogP contribution in [0.25, 0.3) is 11.0 Å². The molecule has 1 radical (unpaired) electrons. The van der Waals surface area contributed by atoms with Gasteiger partial charge in [-0.15, -0.1) is 0 Å². The molecule has 151 valence electrons. The van der Waals surface area contributed by atoms with Crippen molar-refractivity contribution in [2.24, 2.45) is 0 Å². The van der Waals surface area contributed by atoms with Gasteiger partial charge in [-0.3, -0.25) is 9.19 Å². The predicted molar refractivity (Wildman–Crippen MR) is 109 cm³/mol. The van der Waals surface area contributed by atoms with Crippen LogP contribution in [0.15, 0.2) is 29.6 Å². The monoisotopic (exact) mass is 430 g/mol. The largest absolute Gasteiger partial charge is 0.503 e. The van der Waals surface area contributed by atoms with E-state index in [1.165, 1.54) is 0 Å². The number of fused-ring (bicyclic) bond motifs is 1. The van der Waals surface area contributed by atoms with Gasteiger partial charge in [-0.05, 0) is 26.0 Å². The average molecular weight is 430 g/mol. The summed E-state index contributed by atoms with van der Waals surface area (Å²) in [5.74, 6) is 1.79. The molecule has 1 aromatic carbocycles. The summed E-state index contributed by atoms with van der Waals surface area (Å²) >= 11 is 0. The van der Waals surface area contributed by atoms with Gasteiger partial charge in [0.1, 0.15) is 11.5 Å². The molecule has 3 aromatic rings. The van der Waals surface area contributed by atoms with Gasteiger partial charge in [0.15, 0.2) is 5.16 Å². The number of hydrogen-bond donors (Lipinski definition) is 3. The number of pyridine rings is 1. The standard InChI is InChI=1S/C17H19N3O3S.CH2O3.Na/c1-10-8-18-15(11(2)16(10)23-4)9-24(21)17-19-13-6-5-12(22-3)7-14(13)20-17;2-1(3)4;/h5-8H,9H2,1-4H3,(H,19,20);(H2,2,3,4);. The summed E-state index contributed by atoms with van der Waals surface area (Å²) in [5, 5.41) is 14.4. The van der Waals surface area contributed by atoms with Gasteiger partial charge < -0.3 is 24.7 Å². The summed E-state index contributed by atoms with van der Waals surface area (Å²) in [6.07, 6.45) is -0.0954. The molecule has 0 amide bonds. The fraction of sp³-hybridized carbons (Fsp3) is 0.278. The number of aryl methyl sites for hydroxylation is 1. The molecule has 1 atom stereocenters. The molecule has 0 aliphatic rings. The minimum Gasteiger partial charge on any atom is -0.497 e. The second-order valence-corrected chi connectivity index (χ2v) is 7.11. The number of imidazole rings is 1. The van der Waals surface area contributed by atoms with Gasteiger partial charge in [0.25, 0.3) is 0 Å². The molecular weight excluding hydrogens is 409 g/mol. The maximum absolute atomic E-state index is 12.7. The van der Waals surface area contributed by atoms with Crippen molar-refractivity contribution in [3.05, 3.63) is 41.2 Å². The number of hydrogen-bond acceptors (Lipinski definition) is 6. The number of nitrogens with zero attached hydrogens (tertiary/aromatic N) is 2. The van der Waals surface area contributed by atoms with Gasteiger partial charge in [0, 0.05) is 52.9 Å². The Bertz CT molecular complexity index is 1020. The molecule has 2 aromatic heterocycles. The predicted octanol–water partition coefficient (Wildman–Crippen LogP) is 2.74. The molecular formula is C18H21N3NaO6S. The number of methoxy groups -OCH3 is 2. The number of rotatable bonds is 5. The first-order valence-corrected chi connectivity index (χ1v) is 9.41. The fourth-order valence-electron chi connectivity index (χ4n) is 2.61. The topological polar surface area (TPSA) is 135 Å². The zero-order valence-corrected chi connectivity index (χ0v) is 19.7. The summed E-state index contributed by atoms with van der Waals surface area (Å²) in [7, 11) is 1.91. The van der Waals surface area contributed by atoms with Gasteiger partial charge >= 0.3 is 6.16 Å². The van der Waals surface area contributed by atoms with Gasteiger partial charge in [-0.1, -0.05) is 0 Å². The van der Waals surface area contributed by atoms with Crippen LogP contribution in [-0.2, 0) is 16.6 Å². The third-order valence-electron chi connectivity index (χ3n) is 3.90. The number of H-pyrrole nitrogens is 1. The Morgan fingerprint density at radius 1 is 1.21 bits per heavy atom. The summed E-state index contributed by atoms with van der Waals surface area (Å²) in [6.45, 7) is 3.86. The molecule has 1 unspecified atom stereocenters. The minimum absolute atomic E-state index is 0. The van der Waals surface area contributed by atoms with E-state index in [9.17, 15) is 4.21 Å². The van der Waals surface area contributed by atoms with E-state index in [4.69, 9.17) is 24.5 Å². The van der Waals surface area contributed by atoms with E-state index >= 15 is 0 Å². The van der Waals surface area contributed by atoms with Crippen molar-refractivity contribution >= 4 is 57.5 Å². The smallest absolute Gasteiger partial charge is 0.497 e. The SMILES string of the molecule is COc1ccc2nc(S(=O)Cc3ncc(C)c(OC)c3C)[nH]c2c1.O=C(O)O.[Na]. The van der Waals surface area contributed by atoms with E-state index < -0.39 is 17.0 Å². The van der Waals surface area contributed by atoms with Crippen molar-refractivity contribution in [3.63, 3.8) is 0 Å².